The molecule has 282 valence electrons. The van der Waals surface area contributed by atoms with E-state index in [0.717, 1.165) is 23.4 Å². The highest BCUT2D eigenvalue weighted by Gasteiger charge is 2.52. The van der Waals surface area contributed by atoms with E-state index in [1.807, 2.05) is 61.0 Å². The van der Waals surface area contributed by atoms with Crippen LogP contribution in [0.4, 0.5) is 24.9 Å². The number of benzene rings is 2. The maximum Gasteiger partial charge on any atom is 0.490 e. The summed E-state index contributed by atoms with van der Waals surface area (Å²) in [4.78, 5) is 32.0. The molecule has 1 aliphatic carbocycles. The molecule has 7 rings (SSSR count). The summed E-state index contributed by atoms with van der Waals surface area (Å²) in [6.45, 7) is 5.58. The predicted molar refractivity (Wildman–Crippen MR) is 193 cm³/mol. The molecule has 1 saturated carbocycles. The summed E-state index contributed by atoms with van der Waals surface area (Å²) in [5, 5.41) is 27.0. The molecule has 0 aliphatic heterocycles. The Labute approximate surface area is 308 Å². The molecule has 17 heteroatoms. The predicted octanol–water partition coefficient (Wildman–Crippen LogP) is 5.12. The van der Waals surface area contributed by atoms with E-state index in [-0.39, 0.29) is 18.3 Å². The fourth-order valence-electron chi connectivity index (χ4n) is 6.81. The zero-order valence-electron chi connectivity index (χ0n) is 29.6. The van der Waals surface area contributed by atoms with Crippen molar-refractivity contribution in [3.8, 4) is 0 Å². The van der Waals surface area contributed by atoms with Crippen molar-refractivity contribution in [3.05, 3.63) is 108 Å². The van der Waals surface area contributed by atoms with Crippen LogP contribution in [0.3, 0.4) is 0 Å². The molecular formula is C37H40F3N11O3. The third-order valence-corrected chi connectivity index (χ3v) is 9.65. The van der Waals surface area contributed by atoms with Crippen molar-refractivity contribution in [1.82, 2.24) is 44.1 Å². The molecule has 14 nitrogen and oxygen atoms in total. The number of carbonyl (C=O) groups excluding carboxylic acids is 1. The van der Waals surface area contributed by atoms with E-state index in [2.05, 4.69) is 55.1 Å². The molecular weight excluding hydrogens is 703 g/mol. The number of aliphatic hydroxyl groups excluding tert-OH is 1. The highest BCUT2D eigenvalue weighted by Crippen LogP contribution is 2.42. The van der Waals surface area contributed by atoms with Crippen LogP contribution in [0.1, 0.15) is 60.8 Å². The van der Waals surface area contributed by atoms with E-state index in [4.69, 9.17) is 14.7 Å². The zero-order chi connectivity index (χ0) is 37.8. The first-order chi connectivity index (χ1) is 26.1. The van der Waals surface area contributed by atoms with Crippen LogP contribution < -0.4 is 10.6 Å². The summed E-state index contributed by atoms with van der Waals surface area (Å²) in [6.07, 6.45) is -0.649. The Hall–Kier alpha value is -5.84. The smallest absolute Gasteiger partial charge is 0.450 e. The molecule has 0 unspecified atom stereocenters. The molecule has 4 heterocycles. The largest absolute Gasteiger partial charge is 0.490 e. The number of imidazole rings is 2. The minimum absolute atomic E-state index is 0.0139. The van der Waals surface area contributed by atoms with E-state index in [1.54, 1.807) is 10.9 Å². The molecule has 0 radical (unpaired) electrons. The molecule has 3 N–H and O–H groups in total. The van der Waals surface area contributed by atoms with Crippen molar-refractivity contribution in [2.24, 2.45) is 0 Å². The monoisotopic (exact) mass is 743 g/mol. The third kappa shape index (κ3) is 7.76. The van der Waals surface area contributed by atoms with Crippen molar-refractivity contribution in [2.45, 2.75) is 76.0 Å². The van der Waals surface area contributed by atoms with Crippen molar-refractivity contribution in [1.29, 1.82) is 0 Å². The number of alkyl halides is 3. The van der Waals surface area contributed by atoms with Crippen molar-refractivity contribution < 1.29 is 27.8 Å². The number of aliphatic hydroxyl groups is 1. The van der Waals surface area contributed by atoms with Crippen LogP contribution in [-0.2, 0) is 28.9 Å². The molecule has 4 atom stereocenters. The van der Waals surface area contributed by atoms with E-state index in [1.165, 1.54) is 17.3 Å². The number of halogens is 3. The Balaban J connectivity index is 1.24. The van der Waals surface area contributed by atoms with Gasteiger partial charge in [0.2, 0.25) is 5.95 Å². The van der Waals surface area contributed by atoms with Crippen LogP contribution >= 0.6 is 0 Å². The maximum absolute atomic E-state index is 13.4. The van der Waals surface area contributed by atoms with Crippen LogP contribution in [0.15, 0.2) is 85.7 Å². The first kappa shape index (κ1) is 36.5. The van der Waals surface area contributed by atoms with Gasteiger partial charge in [-0.25, -0.2) is 14.8 Å². The highest BCUT2D eigenvalue weighted by molar-refractivity contribution is 5.84. The average Bonchev–Trinajstić information content (AvgIpc) is 3.99. The number of nitrogens with one attached hydrogen (secondary N) is 2. The average molecular weight is 744 g/mol. The second kappa shape index (κ2) is 15.6. The zero-order valence-corrected chi connectivity index (χ0v) is 29.6. The molecule has 0 bridgehead atoms. The van der Waals surface area contributed by atoms with E-state index >= 15 is 0 Å². The molecule has 0 saturated heterocycles. The van der Waals surface area contributed by atoms with E-state index in [0.29, 0.717) is 48.6 Å². The lowest BCUT2D eigenvalue weighted by Crippen LogP contribution is -2.39. The van der Waals surface area contributed by atoms with Crippen molar-refractivity contribution >= 4 is 28.9 Å². The topological polar surface area (TPSA) is 163 Å². The SMILES string of the molecule is CCc1cnn([C@H]2C[C@@H](n3cnc4c(NCC(c5ccccc5)c5ccccc5)nc(NCCc5cn(CC)cn5)nc43)[C@H](O)[C@@H]2OC(=O)C(F)(F)F)n1. The number of carbonyl (C=O) groups is 1. The van der Waals surface area contributed by atoms with Gasteiger partial charge in [-0.05, 0) is 30.9 Å². The summed E-state index contributed by atoms with van der Waals surface area (Å²) >= 11 is 0. The number of fused-ring (bicyclic) bond motifs is 1. The Morgan fingerprint density at radius 1 is 0.963 bits per heavy atom. The van der Waals surface area contributed by atoms with Gasteiger partial charge in [0.25, 0.3) is 0 Å². The van der Waals surface area contributed by atoms with Gasteiger partial charge in [-0.3, -0.25) is 0 Å². The lowest BCUT2D eigenvalue weighted by Gasteiger charge is -2.23. The van der Waals surface area contributed by atoms with Crippen LogP contribution in [0.5, 0.6) is 0 Å². The highest BCUT2D eigenvalue weighted by atomic mass is 19.4. The standard InChI is InChI=1S/C37H40F3N11O3/c1-3-25-18-45-51(48-25)29-17-28(31(52)32(29)54-35(53)37(38,39)40)50-22-44-30-33(42-19-27(23-11-7-5-8-12-23)24-13-9-6-10-14-24)46-36(47-34(30)50)41-16-15-26-20-49(4-2)21-43-26/h5-14,18,20-22,27-29,31-32,52H,3-4,15-17,19H2,1-2H3,(H2,41,42,46,47)/t28-,29+,31+,32-/m1/s1. The summed E-state index contributed by atoms with van der Waals surface area (Å²) in [7, 11) is 0. The lowest BCUT2D eigenvalue weighted by atomic mass is 9.91. The molecule has 0 spiro atoms. The van der Waals surface area contributed by atoms with Gasteiger partial charge in [0.1, 0.15) is 12.1 Å². The molecule has 6 aromatic rings. The number of hydrogen-bond acceptors (Lipinski definition) is 11. The van der Waals surface area contributed by atoms with Crippen LogP contribution in [-0.4, -0.2) is 86.6 Å². The van der Waals surface area contributed by atoms with E-state index < -0.39 is 36.4 Å². The second-order valence-electron chi connectivity index (χ2n) is 13.1. The fraction of sp³-hybridized carbons (Fsp3) is 0.378. The van der Waals surface area contributed by atoms with Gasteiger partial charge in [0.15, 0.2) is 23.1 Å². The second-order valence-corrected chi connectivity index (χ2v) is 13.1. The maximum atomic E-state index is 13.4. The Morgan fingerprint density at radius 3 is 2.31 bits per heavy atom. The van der Waals surface area contributed by atoms with Gasteiger partial charge >= 0.3 is 12.1 Å². The summed E-state index contributed by atoms with van der Waals surface area (Å²) in [6, 6.07) is 18.2. The van der Waals surface area contributed by atoms with Gasteiger partial charge < -0.3 is 29.6 Å². The molecule has 1 aliphatic rings. The Morgan fingerprint density at radius 2 is 1.69 bits per heavy atom. The molecule has 4 aromatic heterocycles. The first-order valence-electron chi connectivity index (χ1n) is 17.8. The fourth-order valence-corrected chi connectivity index (χ4v) is 6.81. The number of rotatable bonds is 14. The van der Waals surface area contributed by atoms with Crippen molar-refractivity contribution in [2.75, 3.05) is 23.7 Å². The molecule has 2 aromatic carbocycles. The van der Waals surface area contributed by atoms with Crippen LogP contribution in [0.25, 0.3) is 11.2 Å². The number of aromatic nitrogens is 9. The number of anilines is 2. The van der Waals surface area contributed by atoms with Crippen LogP contribution in [0, 0.1) is 0 Å². The van der Waals surface area contributed by atoms with Crippen LogP contribution in [0.2, 0.25) is 0 Å². The third-order valence-electron chi connectivity index (χ3n) is 9.65. The summed E-state index contributed by atoms with van der Waals surface area (Å²) in [5.74, 6) is -1.78. The quantitative estimate of drug-likeness (QED) is 0.127. The summed E-state index contributed by atoms with van der Waals surface area (Å²) in [5.41, 5.74) is 4.36. The normalized spacial score (nSPS) is 18.7. The molecule has 0 amide bonds. The van der Waals surface area contributed by atoms with Gasteiger partial charge in [-0.15, -0.1) is 0 Å². The van der Waals surface area contributed by atoms with E-state index in [9.17, 15) is 23.1 Å². The van der Waals surface area contributed by atoms with Gasteiger partial charge in [-0.1, -0.05) is 67.6 Å². The molecule has 54 heavy (non-hydrogen) atoms. The van der Waals surface area contributed by atoms with Gasteiger partial charge in [0, 0.05) is 38.2 Å². The first-order valence-corrected chi connectivity index (χ1v) is 17.8. The minimum atomic E-state index is -5.27. The number of esters is 1. The summed E-state index contributed by atoms with van der Waals surface area (Å²) < 4.78 is 48.7. The lowest BCUT2D eigenvalue weighted by molar-refractivity contribution is -0.210. The Kier molecular flexibility index (Phi) is 10.6. The molecule has 1 fully saturated rings. The number of hydrogen-bond donors (Lipinski definition) is 3. The minimum Gasteiger partial charge on any atom is -0.450 e. The van der Waals surface area contributed by atoms with Crippen molar-refractivity contribution in [3.63, 3.8) is 0 Å². The van der Waals surface area contributed by atoms with Gasteiger partial charge in [0.05, 0.1) is 36.3 Å². The Bertz CT molecular complexity index is 2130. The number of aryl methyl sites for hydroxylation is 2. The van der Waals surface area contributed by atoms with Gasteiger partial charge in [-0.2, -0.15) is 38.1 Å². The number of nitrogens with zero attached hydrogens (tertiary/aromatic N) is 9. The number of ether oxygens (including phenoxy) is 1.